The number of nitrogens with zero attached hydrogens (tertiary/aromatic N) is 6. The number of rotatable bonds is 5. The quantitative estimate of drug-likeness (QED) is 0.506. The molecule has 0 radical (unpaired) electrons. The van der Waals surface area contributed by atoms with Crippen LogP contribution in [0.5, 0.6) is 0 Å². The molecule has 6 rings (SSSR count). The number of pyridine rings is 1. The number of anilines is 1. The van der Waals surface area contributed by atoms with Gasteiger partial charge in [0.25, 0.3) is 0 Å². The largest absolute Gasteiger partial charge is 0.366 e. The molecule has 4 heterocycles. The first kappa shape index (κ1) is 20.3. The SMILES string of the molecule is Cc1c(-c2ccc(N[C@@H]3CC4CN(Cc5ccccn5)C[C@H]4C3)nn2)ccc2nn(C)cc12. The third-order valence-electron chi connectivity index (χ3n) is 7.30. The summed E-state index contributed by atoms with van der Waals surface area (Å²) in [5.74, 6) is 2.38. The van der Waals surface area contributed by atoms with Gasteiger partial charge >= 0.3 is 0 Å². The standard InChI is InChI=1S/C26H29N7/c1-17-22(6-7-25-23(17)16-32(2)31-25)24-8-9-26(30-29-24)28-21-11-18-13-33(14-19(18)12-21)15-20-5-3-4-10-27-20/h3-10,16,18-19,21H,11-15H2,1-2H3,(H,28,30)/t18-,19?,21+/m1/s1. The zero-order valence-electron chi connectivity index (χ0n) is 19.1. The smallest absolute Gasteiger partial charge is 0.148 e. The van der Waals surface area contributed by atoms with Crippen molar-refractivity contribution in [1.29, 1.82) is 0 Å². The highest BCUT2D eigenvalue weighted by Crippen LogP contribution is 2.39. The minimum absolute atomic E-state index is 0.477. The van der Waals surface area contributed by atoms with E-state index in [1.165, 1.54) is 37.2 Å². The molecular formula is C26H29N7. The Morgan fingerprint density at radius 1 is 1.00 bits per heavy atom. The monoisotopic (exact) mass is 439 g/mol. The molecule has 7 heteroatoms. The van der Waals surface area contributed by atoms with Gasteiger partial charge in [-0.05, 0) is 67.5 Å². The lowest BCUT2D eigenvalue weighted by Crippen LogP contribution is -2.25. The van der Waals surface area contributed by atoms with Crippen LogP contribution in [0.4, 0.5) is 5.82 Å². The molecule has 3 aromatic heterocycles. The van der Waals surface area contributed by atoms with Gasteiger partial charge in [0, 0.05) is 56.1 Å². The summed E-state index contributed by atoms with van der Waals surface area (Å²) in [7, 11) is 1.95. The lowest BCUT2D eigenvalue weighted by atomic mass is 10.0. The van der Waals surface area contributed by atoms with Crippen molar-refractivity contribution < 1.29 is 0 Å². The number of benzene rings is 1. The Labute approximate surface area is 193 Å². The molecule has 7 nitrogen and oxygen atoms in total. The summed E-state index contributed by atoms with van der Waals surface area (Å²) in [5, 5.41) is 18.3. The molecule has 33 heavy (non-hydrogen) atoms. The normalized spacial score (nSPS) is 22.7. The summed E-state index contributed by atoms with van der Waals surface area (Å²) in [6.45, 7) is 5.42. The first-order chi connectivity index (χ1) is 16.1. The van der Waals surface area contributed by atoms with Crippen LogP contribution in [-0.4, -0.2) is 49.0 Å². The Balaban J connectivity index is 1.08. The van der Waals surface area contributed by atoms with Crippen molar-refractivity contribution in [1.82, 2.24) is 29.9 Å². The van der Waals surface area contributed by atoms with E-state index in [0.717, 1.165) is 46.4 Å². The number of hydrogen-bond donors (Lipinski definition) is 1. The van der Waals surface area contributed by atoms with Crippen molar-refractivity contribution >= 4 is 16.7 Å². The van der Waals surface area contributed by atoms with Crippen molar-refractivity contribution in [2.24, 2.45) is 18.9 Å². The van der Waals surface area contributed by atoms with E-state index in [-0.39, 0.29) is 0 Å². The molecule has 1 unspecified atom stereocenters. The van der Waals surface area contributed by atoms with Crippen LogP contribution in [0, 0.1) is 18.8 Å². The van der Waals surface area contributed by atoms with E-state index in [4.69, 9.17) is 0 Å². The highest BCUT2D eigenvalue weighted by atomic mass is 15.2. The second-order valence-electron chi connectivity index (χ2n) is 9.63. The van der Waals surface area contributed by atoms with Crippen molar-refractivity contribution in [2.45, 2.75) is 32.4 Å². The van der Waals surface area contributed by atoms with Gasteiger partial charge in [0.15, 0.2) is 0 Å². The summed E-state index contributed by atoms with van der Waals surface area (Å²) in [6, 6.07) is 14.9. The van der Waals surface area contributed by atoms with Gasteiger partial charge in [-0.15, -0.1) is 10.2 Å². The summed E-state index contributed by atoms with van der Waals surface area (Å²) < 4.78 is 1.86. The summed E-state index contributed by atoms with van der Waals surface area (Å²) >= 11 is 0. The maximum Gasteiger partial charge on any atom is 0.148 e. The summed E-state index contributed by atoms with van der Waals surface area (Å²) in [5.41, 5.74) is 5.38. The Morgan fingerprint density at radius 3 is 2.58 bits per heavy atom. The van der Waals surface area contributed by atoms with Gasteiger partial charge in [0.05, 0.1) is 16.9 Å². The fourth-order valence-corrected chi connectivity index (χ4v) is 5.75. The molecule has 3 atom stereocenters. The van der Waals surface area contributed by atoms with Gasteiger partial charge in [0.2, 0.25) is 0 Å². The van der Waals surface area contributed by atoms with Gasteiger partial charge in [-0.1, -0.05) is 12.1 Å². The molecule has 1 aliphatic carbocycles. The second-order valence-corrected chi connectivity index (χ2v) is 9.63. The molecule has 0 bridgehead atoms. The Bertz CT molecular complexity index is 1250. The predicted octanol–water partition coefficient (Wildman–Crippen LogP) is 4.06. The molecule has 0 amide bonds. The molecule has 1 aliphatic heterocycles. The summed E-state index contributed by atoms with van der Waals surface area (Å²) in [6.07, 6.45) is 6.34. The van der Waals surface area contributed by atoms with Crippen molar-refractivity contribution in [2.75, 3.05) is 18.4 Å². The van der Waals surface area contributed by atoms with E-state index < -0.39 is 0 Å². The van der Waals surface area contributed by atoms with Gasteiger partial charge in [-0.25, -0.2) is 0 Å². The molecule has 4 aromatic rings. The molecular weight excluding hydrogens is 410 g/mol. The Morgan fingerprint density at radius 2 is 1.85 bits per heavy atom. The molecule has 1 saturated heterocycles. The zero-order chi connectivity index (χ0) is 22.4. The molecule has 1 N–H and O–H groups in total. The van der Waals surface area contributed by atoms with E-state index in [9.17, 15) is 0 Å². The maximum absolute atomic E-state index is 4.54. The molecule has 0 spiro atoms. The lowest BCUT2D eigenvalue weighted by molar-refractivity contribution is 0.297. The highest BCUT2D eigenvalue weighted by Gasteiger charge is 2.40. The average Bonchev–Trinajstić information content (AvgIpc) is 3.48. The Hall–Kier alpha value is -3.32. The molecule has 2 aliphatic rings. The number of aryl methyl sites for hydroxylation is 2. The van der Waals surface area contributed by atoms with Gasteiger partial charge in [-0.3, -0.25) is 14.6 Å². The fourth-order valence-electron chi connectivity index (χ4n) is 5.75. The predicted molar refractivity (Wildman–Crippen MR) is 130 cm³/mol. The van der Waals surface area contributed by atoms with E-state index >= 15 is 0 Å². The summed E-state index contributed by atoms with van der Waals surface area (Å²) in [4.78, 5) is 7.04. The van der Waals surface area contributed by atoms with Gasteiger partial charge in [0.1, 0.15) is 5.82 Å². The molecule has 168 valence electrons. The first-order valence-corrected chi connectivity index (χ1v) is 11.8. The first-order valence-electron chi connectivity index (χ1n) is 11.8. The van der Waals surface area contributed by atoms with Gasteiger partial charge < -0.3 is 5.32 Å². The lowest BCUT2D eigenvalue weighted by Gasteiger charge is -2.19. The minimum Gasteiger partial charge on any atom is -0.366 e. The van der Waals surface area contributed by atoms with Crippen LogP contribution in [0.2, 0.25) is 0 Å². The van der Waals surface area contributed by atoms with Crippen LogP contribution >= 0.6 is 0 Å². The number of fused-ring (bicyclic) bond motifs is 2. The van der Waals surface area contributed by atoms with Crippen LogP contribution in [0.1, 0.15) is 24.1 Å². The minimum atomic E-state index is 0.477. The highest BCUT2D eigenvalue weighted by molar-refractivity contribution is 5.88. The number of nitrogens with one attached hydrogen (secondary N) is 1. The molecule has 1 aromatic carbocycles. The third-order valence-corrected chi connectivity index (χ3v) is 7.30. The van der Waals surface area contributed by atoms with E-state index in [1.54, 1.807) is 0 Å². The zero-order valence-corrected chi connectivity index (χ0v) is 19.1. The van der Waals surface area contributed by atoms with E-state index in [2.05, 4.69) is 80.0 Å². The number of aromatic nitrogens is 5. The van der Waals surface area contributed by atoms with E-state index in [0.29, 0.717) is 6.04 Å². The van der Waals surface area contributed by atoms with Crippen LogP contribution < -0.4 is 5.32 Å². The van der Waals surface area contributed by atoms with Crippen molar-refractivity contribution in [3.8, 4) is 11.3 Å². The van der Waals surface area contributed by atoms with Crippen LogP contribution in [0.25, 0.3) is 22.2 Å². The van der Waals surface area contributed by atoms with Crippen molar-refractivity contribution in [3.63, 3.8) is 0 Å². The molecule has 1 saturated carbocycles. The number of hydrogen-bond acceptors (Lipinski definition) is 6. The maximum atomic E-state index is 4.54. The number of likely N-dealkylation sites (tertiary alicyclic amines) is 1. The van der Waals surface area contributed by atoms with Gasteiger partial charge in [-0.2, -0.15) is 5.10 Å². The second kappa shape index (κ2) is 8.23. The van der Waals surface area contributed by atoms with Crippen LogP contribution in [0.3, 0.4) is 0 Å². The van der Waals surface area contributed by atoms with Crippen LogP contribution in [0.15, 0.2) is 54.9 Å². The average molecular weight is 440 g/mol. The molecule has 2 fully saturated rings. The fraction of sp³-hybridized carbons (Fsp3) is 0.385. The Kier molecular flexibility index (Phi) is 5.06. The van der Waals surface area contributed by atoms with Crippen LogP contribution in [-0.2, 0) is 13.6 Å². The van der Waals surface area contributed by atoms with Crippen molar-refractivity contribution in [3.05, 3.63) is 66.1 Å². The topological polar surface area (TPSA) is 71.8 Å². The third kappa shape index (κ3) is 3.97. The van der Waals surface area contributed by atoms with E-state index in [1.807, 2.05) is 24.0 Å².